The molecule has 0 aromatic carbocycles. The molecular weight excluding hydrogens is 251 g/mol. The van der Waals surface area contributed by atoms with Gasteiger partial charge >= 0.3 is 0 Å². The number of ketones is 1. The lowest BCUT2D eigenvalue weighted by atomic mass is 9.52. The van der Waals surface area contributed by atoms with Crippen LogP contribution < -0.4 is 0 Å². The van der Waals surface area contributed by atoms with E-state index in [1.165, 1.54) is 12.0 Å². The van der Waals surface area contributed by atoms with Crippen LogP contribution in [0.15, 0.2) is 23.6 Å². The van der Waals surface area contributed by atoms with Crippen molar-refractivity contribution in [1.82, 2.24) is 0 Å². The fraction of sp³-hybridized carbons (Fsp3) is 0.722. The average molecular weight is 274 g/mol. The van der Waals surface area contributed by atoms with E-state index in [-0.39, 0.29) is 11.2 Å². The summed E-state index contributed by atoms with van der Waals surface area (Å²) < 4.78 is 14.2. The third-order valence-electron chi connectivity index (χ3n) is 6.79. The molecule has 108 valence electrons. The molecule has 1 nitrogen and oxygen atoms in total. The summed E-state index contributed by atoms with van der Waals surface area (Å²) in [6, 6.07) is 0. The van der Waals surface area contributed by atoms with Gasteiger partial charge in [0, 0.05) is 11.8 Å². The topological polar surface area (TPSA) is 17.1 Å². The molecule has 0 bridgehead atoms. The SMILES string of the molecule is CC12CCC3C4CCC(=O)C=C4CCC3C1CC=C2F. The van der Waals surface area contributed by atoms with E-state index in [9.17, 15) is 9.18 Å². The van der Waals surface area contributed by atoms with Crippen LogP contribution in [0.4, 0.5) is 4.39 Å². The van der Waals surface area contributed by atoms with Gasteiger partial charge in [-0.25, -0.2) is 4.39 Å². The molecule has 0 saturated heterocycles. The zero-order valence-electron chi connectivity index (χ0n) is 12.2. The van der Waals surface area contributed by atoms with Crippen LogP contribution in [0, 0.1) is 29.1 Å². The number of halogens is 1. The van der Waals surface area contributed by atoms with Crippen LogP contribution in [0.25, 0.3) is 0 Å². The number of carbonyl (C=O) groups is 1. The molecule has 0 aromatic heterocycles. The van der Waals surface area contributed by atoms with Crippen molar-refractivity contribution in [1.29, 1.82) is 0 Å². The van der Waals surface area contributed by atoms with E-state index < -0.39 is 0 Å². The van der Waals surface area contributed by atoms with Gasteiger partial charge in [-0.15, -0.1) is 0 Å². The van der Waals surface area contributed by atoms with Gasteiger partial charge in [0.1, 0.15) is 5.83 Å². The molecule has 2 heteroatoms. The third-order valence-corrected chi connectivity index (χ3v) is 6.79. The number of carbonyl (C=O) groups excluding carboxylic acids is 1. The van der Waals surface area contributed by atoms with Crippen molar-refractivity contribution in [2.75, 3.05) is 0 Å². The van der Waals surface area contributed by atoms with Crippen LogP contribution in [-0.4, -0.2) is 5.78 Å². The fourth-order valence-electron chi connectivity index (χ4n) is 5.70. The minimum absolute atomic E-state index is 0.154. The maximum atomic E-state index is 14.2. The highest BCUT2D eigenvalue weighted by Crippen LogP contribution is 2.62. The number of hydrogen-bond acceptors (Lipinski definition) is 1. The average Bonchev–Trinajstić information content (AvgIpc) is 2.74. The fourth-order valence-corrected chi connectivity index (χ4v) is 5.70. The van der Waals surface area contributed by atoms with Crippen LogP contribution in [0.2, 0.25) is 0 Å². The predicted octanol–water partition coefficient (Wildman–Crippen LogP) is 4.59. The molecule has 0 spiro atoms. The van der Waals surface area contributed by atoms with E-state index in [4.69, 9.17) is 0 Å². The summed E-state index contributed by atoms with van der Waals surface area (Å²) in [4.78, 5) is 11.6. The normalized spacial score (nSPS) is 47.0. The molecule has 4 aliphatic rings. The number of rotatable bonds is 0. The van der Waals surface area contributed by atoms with Gasteiger partial charge in [0.25, 0.3) is 0 Å². The van der Waals surface area contributed by atoms with E-state index in [0.717, 1.165) is 38.5 Å². The zero-order valence-corrected chi connectivity index (χ0v) is 12.2. The van der Waals surface area contributed by atoms with Crippen LogP contribution in [0.5, 0.6) is 0 Å². The lowest BCUT2D eigenvalue weighted by Gasteiger charge is -2.52. The van der Waals surface area contributed by atoms with Crippen molar-refractivity contribution in [3.63, 3.8) is 0 Å². The van der Waals surface area contributed by atoms with Gasteiger partial charge in [0.15, 0.2) is 5.78 Å². The van der Waals surface area contributed by atoms with Gasteiger partial charge in [0.05, 0.1) is 0 Å². The molecule has 0 amide bonds. The second-order valence-corrected chi connectivity index (χ2v) is 7.55. The summed E-state index contributed by atoms with van der Waals surface area (Å²) in [7, 11) is 0. The van der Waals surface area contributed by atoms with Gasteiger partial charge in [-0.3, -0.25) is 4.79 Å². The Hall–Kier alpha value is -0.920. The summed E-state index contributed by atoms with van der Waals surface area (Å²) >= 11 is 0. The summed E-state index contributed by atoms with van der Waals surface area (Å²) in [6.45, 7) is 2.14. The predicted molar refractivity (Wildman–Crippen MR) is 76.7 cm³/mol. The van der Waals surface area contributed by atoms with Crippen LogP contribution in [0.3, 0.4) is 0 Å². The molecule has 0 heterocycles. The Bertz CT molecular complexity index is 518. The van der Waals surface area contributed by atoms with Gasteiger partial charge in [-0.2, -0.15) is 0 Å². The van der Waals surface area contributed by atoms with Crippen LogP contribution >= 0.6 is 0 Å². The van der Waals surface area contributed by atoms with Crippen LogP contribution in [-0.2, 0) is 4.79 Å². The molecule has 0 radical (unpaired) electrons. The summed E-state index contributed by atoms with van der Waals surface area (Å²) in [5.41, 5.74) is 1.24. The van der Waals surface area contributed by atoms with Crippen molar-refractivity contribution in [2.45, 2.75) is 51.9 Å². The smallest absolute Gasteiger partial charge is 0.155 e. The molecule has 0 N–H and O–H groups in total. The lowest BCUT2D eigenvalue weighted by Crippen LogP contribution is -2.45. The van der Waals surface area contributed by atoms with Gasteiger partial charge in [-0.1, -0.05) is 18.6 Å². The first-order valence-electron chi connectivity index (χ1n) is 8.19. The molecule has 4 rings (SSSR count). The Morgan fingerprint density at radius 3 is 2.90 bits per heavy atom. The molecule has 0 aliphatic heterocycles. The first-order chi connectivity index (χ1) is 9.59. The van der Waals surface area contributed by atoms with E-state index in [1.54, 1.807) is 0 Å². The van der Waals surface area contributed by atoms with Crippen molar-refractivity contribution < 1.29 is 9.18 Å². The lowest BCUT2D eigenvalue weighted by molar-refractivity contribution is -0.116. The second-order valence-electron chi connectivity index (χ2n) is 7.55. The Morgan fingerprint density at radius 1 is 1.20 bits per heavy atom. The third kappa shape index (κ3) is 1.63. The molecule has 2 saturated carbocycles. The van der Waals surface area contributed by atoms with E-state index in [1.807, 2.05) is 12.2 Å². The van der Waals surface area contributed by atoms with Crippen molar-refractivity contribution in [2.24, 2.45) is 29.1 Å². The molecule has 4 aliphatic carbocycles. The highest BCUT2D eigenvalue weighted by atomic mass is 19.1. The maximum Gasteiger partial charge on any atom is 0.155 e. The summed E-state index contributed by atoms with van der Waals surface area (Å²) in [6.07, 6.45) is 10.9. The van der Waals surface area contributed by atoms with Gasteiger partial charge in [0.2, 0.25) is 0 Å². The van der Waals surface area contributed by atoms with E-state index in [2.05, 4.69) is 6.92 Å². The van der Waals surface area contributed by atoms with E-state index in [0.29, 0.717) is 29.5 Å². The summed E-state index contributed by atoms with van der Waals surface area (Å²) in [5.74, 6) is 3.00. The Morgan fingerprint density at radius 2 is 2.05 bits per heavy atom. The zero-order chi connectivity index (χ0) is 13.9. The molecule has 5 atom stereocenters. The standard InChI is InChI=1S/C18H23FO/c1-18-9-8-14-13-5-3-12(20)10-11(13)2-4-15(14)16(18)6-7-17(18)19/h7,10,13-16H,2-6,8-9H2,1H3. The molecule has 5 unspecified atom stereocenters. The first kappa shape index (κ1) is 12.8. The second kappa shape index (κ2) is 4.29. The van der Waals surface area contributed by atoms with Gasteiger partial charge in [-0.05, 0) is 68.3 Å². The maximum absolute atomic E-state index is 14.2. The van der Waals surface area contributed by atoms with Crippen molar-refractivity contribution in [3.05, 3.63) is 23.6 Å². The summed E-state index contributed by atoms with van der Waals surface area (Å²) in [5, 5.41) is 0. The Labute approximate surface area is 120 Å². The first-order valence-corrected chi connectivity index (χ1v) is 8.19. The number of fused-ring (bicyclic) bond motifs is 5. The Balaban J connectivity index is 1.64. The van der Waals surface area contributed by atoms with Gasteiger partial charge < -0.3 is 0 Å². The highest BCUT2D eigenvalue weighted by molar-refractivity contribution is 5.91. The Kier molecular flexibility index (Phi) is 2.74. The minimum Gasteiger partial charge on any atom is -0.295 e. The molecule has 2 fully saturated rings. The molecular formula is C18H23FO. The minimum atomic E-state index is -0.174. The van der Waals surface area contributed by atoms with E-state index >= 15 is 0 Å². The largest absolute Gasteiger partial charge is 0.295 e. The van der Waals surface area contributed by atoms with Crippen LogP contribution in [0.1, 0.15) is 51.9 Å². The molecule has 0 aromatic rings. The highest BCUT2D eigenvalue weighted by Gasteiger charge is 2.54. The van der Waals surface area contributed by atoms with Crippen molar-refractivity contribution in [3.8, 4) is 0 Å². The monoisotopic (exact) mass is 274 g/mol. The number of allylic oxidation sites excluding steroid dienone is 4. The number of hydrogen-bond donors (Lipinski definition) is 0. The quantitative estimate of drug-likeness (QED) is 0.631. The molecule has 20 heavy (non-hydrogen) atoms. The van der Waals surface area contributed by atoms with Crippen molar-refractivity contribution >= 4 is 5.78 Å².